The van der Waals surface area contributed by atoms with Gasteiger partial charge in [-0.05, 0) is 39.5 Å². The summed E-state index contributed by atoms with van der Waals surface area (Å²) >= 11 is 9.80. The van der Waals surface area contributed by atoms with Crippen LogP contribution in [0.15, 0.2) is 33.4 Å². The van der Waals surface area contributed by atoms with Crippen LogP contribution >= 0.6 is 54.8 Å². The molecule has 0 radical (unpaired) electrons. The molecule has 100 valence electrons. The van der Waals surface area contributed by atoms with E-state index >= 15 is 0 Å². The molecule has 2 aromatic heterocycles. The number of amides is 2. The average molecular weight is 423 g/mol. The molecule has 1 fully saturated rings. The first-order chi connectivity index (χ1) is 9.08. The van der Waals surface area contributed by atoms with E-state index in [4.69, 9.17) is 0 Å². The molecular weight excluding hydrogens is 414 g/mol. The Morgan fingerprint density at radius 1 is 1.05 bits per heavy atom. The summed E-state index contributed by atoms with van der Waals surface area (Å²) in [4.78, 5) is 23.6. The molecule has 3 heterocycles. The van der Waals surface area contributed by atoms with E-state index in [-0.39, 0.29) is 11.8 Å². The third kappa shape index (κ3) is 3.98. The predicted molar refractivity (Wildman–Crippen MR) is 85.3 cm³/mol. The summed E-state index contributed by atoms with van der Waals surface area (Å²) in [6.07, 6.45) is 0.703. The first-order valence-electron chi connectivity index (χ1n) is 5.38. The Balaban J connectivity index is 0.000000148. The normalized spacial score (nSPS) is 14.5. The molecule has 1 aliphatic heterocycles. The van der Waals surface area contributed by atoms with Crippen LogP contribution in [-0.4, -0.2) is 15.7 Å². The van der Waals surface area contributed by atoms with Crippen molar-refractivity contribution in [3.05, 3.63) is 33.4 Å². The van der Waals surface area contributed by atoms with Crippen LogP contribution in [0.2, 0.25) is 0 Å². The standard InChI is InChI=1S/C8H5BrS2.C4H4BrNO2/c9-8-4-3-7(11-8)6-2-1-5-10-6;5-6-3(7)1-2-4(6)8/h1-5H;1-2H2. The smallest absolute Gasteiger partial charge is 0.239 e. The molecule has 0 aromatic carbocycles. The van der Waals surface area contributed by atoms with E-state index in [0.717, 1.165) is 3.93 Å². The summed E-state index contributed by atoms with van der Waals surface area (Å²) in [5.41, 5.74) is 0. The van der Waals surface area contributed by atoms with Gasteiger partial charge in [-0.25, -0.2) is 3.93 Å². The number of rotatable bonds is 1. The van der Waals surface area contributed by atoms with Gasteiger partial charge in [0.15, 0.2) is 0 Å². The van der Waals surface area contributed by atoms with Crippen molar-refractivity contribution in [3.63, 3.8) is 0 Å². The topological polar surface area (TPSA) is 37.4 Å². The Labute approximate surface area is 135 Å². The van der Waals surface area contributed by atoms with Crippen LogP contribution in [0.25, 0.3) is 9.75 Å². The van der Waals surface area contributed by atoms with Crippen LogP contribution < -0.4 is 0 Å². The molecule has 0 saturated carbocycles. The highest BCUT2D eigenvalue weighted by molar-refractivity contribution is 9.11. The van der Waals surface area contributed by atoms with Gasteiger partial charge in [-0.3, -0.25) is 9.59 Å². The van der Waals surface area contributed by atoms with Gasteiger partial charge >= 0.3 is 0 Å². The molecule has 0 N–H and O–H groups in total. The second kappa shape index (κ2) is 6.78. The van der Waals surface area contributed by atoms with Crippen LogP contribution in [0.4, 0.5) is 0 Å². The highest BCUT2D eigenvalue weighted by atomic mass is 79.9. The number of imide groups is 1. The van der Waals surface area contributed by atoms with Crippen LogP contribution in [0.3, 0.4) is 0 Å². The zero-order chi connectivity index (χ0) is 13.8. The lowest BCUT2D eigenvalue weighted by molar-refractivity contribution is -0.131. The van der Waals surface area contributed by atoms with Crippen molar-refractivity contribution in [2.75, 3.05) is 0 Å². The molecule has 7 heteroatoms. The van der Waals surface area contributed by atoms with Gasteiger partial charge in [0.2, 0.25) is 11.8 Å². The number of hydrogen-bond acceptors (Lipinski definition) is 4. The van der Waals surface area contributed by atoms with Crippen molar-refractivity contribution in [1.29, 1.82) is 0 Å². The fourth-order valence-electron chi connectivity index (χ4n) is 1.41. The minimum absolute atomic E-state index is 0.144. The van der Waals surface area contributed by atoms with E-state index in [1.807, 2.05) is 0 Å². The lowest BCUT2D eigenvalue weighted by atomic mass is 10.4. The molecule has 3 nitrogen and oxygen atoms in total. The molecule has 3 rings (SSSR count). The zero-order valence-corrected chi connectivity index (χ0v) is 14.4. The first-order valence-corrected chi connectivity index (χ1v) is 8.58. The predicted octanol–water partition coefficient (Wildman–Crippen LogP) is 4.68. The van der Waals surface area contributed by atoms with Crippen molar-refractivity contribution in [1.82, 2.24) is 3.93 Å². The quantitative estimate of drug-likeness (QED) is 0.494. The summed E-state index contributed by atoms with van der Waals surface area (Å²) in [7, 11) is 0. The second-order valence-corrected chi connectivity index (χ2v) is 7.77. The van der Waals surface area contributed by atoms with Crippen molar-refractivity contribution in [2.24, 2.45) is 0 Å². The summed E-state index contributed by atoms with van der Waals surface area (Å²) in [6, 6.07) is 8.44. The number of nitrogens with zero attached hydrogens (tertiary/aromatic N) is 1. The molecule has 0 spiro atoms. The summed E-state index contributed by atoms with van der Waals surface area (Å²) in [5, 5.41) is 2.10. The minimum Gasteiger partial charge on any atom is -0.274 e. The van der Waals surface area contributed by atoms with Gasteiger partial charge in [0.1, 0.15) is 0 Å². The largest absolute Gasteiger partial charge is 0.274 e. The molecule has 0 atom stereocenters. The van der Waals surface area contributed by atoms with Gasteiger partial charge < -0.3 is 0 Å². The SMILES string of the molecule is Brc1ccc(-c2cccs2)s1.O=C1CCC(=O)N1Br. The summed E-state index contributed by atoms with van der Waals surface area (Å²) in [5.74, 6) is -0.287. The monoisotopic (exact) mass is 421 g/mol. The second-order valence-electron chi connectivity index (χ2n) is 3.65. The van der Waals surface area contributed by atoms with Crippen LogP contribution in [0.5, 0.6) is 0 Å². The summed E-state index contributed by atoms with van der Waals surface area (Å²) < 4.78 is 2.17. The van der Waals surface area contributed by atoms with E-state index in [1.54, 1.807) is 22.7 Å². The maximum Gasteiger partial charge on any atom is 0.239 e. The van der Waals surface area contributed by atoms with Crippen molar-refractivity contribution in [3.8, 4) is 9.75 Å². The van der Waals surface area contributed by atoms with Crippen molar-refractivity contribution in [2.45, 2.75) is 12.8 Å². The molecule has 0 unspecified atom stereocenters. The van der Waals surface area contributed by atoms with Gasteiger partial charge in [0.25, 0.3) is 0 Å². The lowest BCUT2D eigenvalue weighted by Crippen LogP contribution is -2.16. The Kier molecular flexibility index (Phi) is 5.32. The number of carbonyl (C=O) groups is 2. The maximum absolute atomic E-state index is 10.4. The number of hydrogen-bond donors (Lipinski definition) is 0. The minimum atomic E-state index is -0.144. The van der Waals surface area contributed by atoms with Gasteiger partial charge in [-0.2, -0.15) is 0 Å². The molecule has 2 amide bonds. The average Bonchev–Trinajstić information content (AvgIpc) is 3.09. The van der Waals surface area contributed by atoms with Crippen LogP contribution in [0, 0.1) is 0 Å². The Morgan fingerprint density at radius 3 is 2.11 bits per heavy atom. The zero-order valence-electron chi connectivity index (χ0n) is 9.64. The van der Waals surface area contributed by atoms with E-state index in [9.17, 15) is 9.59 Å². The molecule has 19 heavy (non-hydrogen) atoms. The fraction of sp³-hybridized carbons (Fsp3) is 0.167. The third-order valence-electron chi connectivity index (χ3n) is 2.33. The lowest BCUT2D eigenvalue weighted by Gasteiger charge is -1.97. The van der Waals surface area contributed by atoms with Gasteiger partial charge in [-0.1, -0.05) is 6.07 Å². The number of halogens is 2. The number of thiophene rings is 2. The van der Waals surface area contributed by atoms with E-state index in [2.05, 4.69) is 61.7 Å². The molecule has 0 bridgehead atoms. The Morgan fingerprint density at radius 2 is 1.74 bits per heavy atom. The van der Waals surface area contributed by atoms with Crippen LogP contribution in [-0.2, 0) is 9.59 Å². The third-order valence-corrected chi connectivity index (χ3v) is 5.81. The highest BCUT2D eigenvalue weighted by Gasteiger charge is 2.26. The van der Waals surface area contributed by atoms with Crippen molar-refractivity contribution >= 4 is 66.6 Å². The molecular formula is C12H9Br2NO2S2. The summed E-state index contributed by atoms with van der Waals surface area (Å²) in [6.45, 7) is 0. The van der Waals surface area contributed by atoms with E-state index in [1.165, 1.54) is 13.5 Å². The van der Waals surface area contributed by atoms with E-state index < -0.39 is 0 Å². The van der Waals surface area contributed by atoms with Crippen LogP contribution in [0.1, 0.15) is 12.8 Å². The fourth-order valence-corrected chi connectivity index (χ4v) is 3.99. The first kappa shape index (κ1) is 14.9. The molecule has 0 aliphatic carbocycles. The van der Waals surface area contributed by atoms with E-state index in [0.29, 0.717) is 12.8 Å². The van der Waals surface area contributed by atoms with Gasteiger partial charge in [0.05, 0.1) is 19.9 Å². The molecule has 2 aromatic rings. The maximum atomic E-state index is 10.4. The highest BCUT2D eigenvalue weighted by Crippen LogP contribution is 2.33. The van der Waals surface area contributed by atoms with Gasteiger partial charge in [-0.15, -0.1) is 22.7 Å². The number of carbonyl (C=O) groups excluding carboxylic acids is 2. The van der Waals surface area contributed by atoms with Gasteiger partial charge in [0, 0.05) is 22.6 Å². The molecule has 1 aliphatic rings. The Hall–Kier alpha value is -0.500. The van der Waals surface area contributed by atoms with Crippen molar-refractivity contribution < 1.29 is 9.59 Å². The molecule has 1 saturated heterocycles. The Bertz CT molecular complexity index is 564.